The van der Waals surface area contributed by atoms with E-state index in [1.54, 1.807) is 35.3 Å². The first-order valence-electron chi connectivity index (χ1n) is 7.70. The molecule has 0 unspecified atom stereocenters. The summed E-state index contributed by atoms with van der Waals surface area (Å²) in [4.78, 5) is 16.1. The second-order valence-electron chi connectivity index (χ2n) is 5.68. The van der Waals surface area contributed by atoms with Crippen molar-refractivity contribution in [3.05, 3.63) is 65.7 Å². The van der Waals surface area contributed by atoms with E-state index >= 15 is 0 Å². The summed E-state index contributed by atoms with van der Waals surface area (Å²) in [6.45, 7) is 0. The molecular formula is C19H16ClN4O2+. The van der Waals surface area contributed by atoms with E-state index in [1.807, 2.05) is 36.4 Å². The minimum Gasteiger partial charge on any atom is -0.507 e. The molecule has 7 heteroatoms. The van der Waals surface area contributed by atoms with E-state index in [0.29, 0.717) is 11.1 Å². The first kappa shape index (κ1) is 17.6. The maximum atomic E-state index is 11.7. The number of nitrogens with one attached hydrogen (secondary N) is 1. The summed E-state index contributed by atoms with van der Waals surface area (Å²) in [5.74, 6) is 5.03. The van der Waals surface area contributed by atoms with Crippen LogP contribution in [0.5, 0.6) is 5.75 Å². The number of nitrogen functional groups attached to an aromatic ring is 1. The van der Waals surface area contributed by atoms with Gasteiger partial charge < -0.3 is 5.11 Å². The lowest BCUT2D eigenvalue weighted by Gasteiger charge is -2.05. The van der Waals surface area contributed by atoms with Crippen LogP contribution in [-0.2, 0) is 0 Å². The Morgan fingerprint density at radius 3 is 2.77 bits per heavy atom. The summed E-state index contributed by atoms with van der Waals surface area (Å²) in [7, 11) is 0. The Bertz CT molecular complexity index is 1080. The molecule has 0 fully saturated rings. The molecule has 4 N–H and O–H groups in total. The number of hydrogen-bond donors (Lipinski definition) is 3. The second-order valence-corrected chi connectivity index (χ2v) is 5.68. The SMILES string of the molecule is Cl.NNC(=O)c1ccc2c(c1)[N+](=Cc1ccc3ccccc3c1O)C=N2. The number of carbonyl (C=O) groups is 1. The molecule has 0 atom stereocenters. The van der Waals surface area contributed by atoms with E-state index in [1.165, 1.54) is 0 Å². The van der Waals surface area contributed by atoms with Crippen molar-refractivity contribution in [3.63, 3.8) is 0 Å². The molecule has 26 heavy (non-hydrogen) atoms. The summed E-state index contributed by atoms with van der Waals surface area (Å²) in [6.07, 6.45) is 3.42. The summed E-state index contributed by atoms with van der Waals surface area (Å²) < 4.78 is 1.77. The van der Waals surface area contributed by atoms with Gasteiger partial charge in [0.05, 0.1) is 5.56 Å². The van der Waals surface area contributed by atoms with Gasteiger partial charge in [-0.25, -0.2) is 5.84 Å². The van der Waals surface area contributed by atoms with Crippen molar-refractivity contribution in [2.45, 2.75) is 0 Å². The third kappa shape index (κ3) is 2.92. The third-order valence-electron chi connectivity index (χ3n) is 4.18. The Morgan fingerprint density at radius 1 is 1.15 bits per heavy atom. The predicted molar refractivity (Wildman–Crippen MR) is 104 cm³/mol. The molecule has 1 heterocycles. The Balaban J connectivity index is 0.00000196. The van der Waals surface area contributed by atoms with Gasteiger partial charge in [-0.1, -0.05) is 30.3 Å². The van der Waals surface area contributed by atoms with Gasteiger partial charge in [-0.05, 0) is 28.6 Å². The molecule has 1 aliphatic heterocycles. The normalized spacial score (nSPS) is 13.5. The molecule has 0 saturated heterocycles. The second kappa shape index (κ2) is 6.95. The number of amides is 1. The van der Waals surface area contributed by atoms with Crippen LogP contribution in [0.3, 0.4) is 0 Å². The number of nitrogens with two attached hydrogens (primary N) is 1. The van der Waals surface area contributed by atoms with Crippen molar-refractivity contribution in [3.8, 4) is 5.75 Å². The van der Waals surface area contributed by atoms with E-state index in [4.69, 9.17) is 5.84 Å². The van der Waals surface area contributed by atoms with Gasteiger partial charge in [-0.2, -0.15) is 4.58 Å². The van der Waals surface area contributed by atoms with Crippen LogP contribution in [0.1, 0.15) is 15.9 Å². The monoisotopic (exact) mass is 367 g/mol. The highest BCUT2D eigenvalue weighted by molar-refractivity contribution is 5.98. The molecule has 0 aliphatic carbocycles. The topological polar surface area (TPSA) is 90.7 Å². The van der Waals surface area contributed by atoms with Crippen LogP contribution >= 0.6 is 12.4 Å². The van der Waals surface area contributed by atoms with Crippen LogP contribution in [-0.4, -0.2) is 28.1 Å². The van der Waals surface area contributed by atoms with Crippen LogP contribution < -0.4 is 11.3 Å². The highest BCUT2D eigenvalue weighted by Gasteiger charge is 2.22. The molecule has 0 saturated carbocycles. The van der Waals surface area contributed by atoms with Crippen LogP contribution in [0.25, 0.3) is 10.8 Å². The van der Waals surface area contributed by atoms with E-state index in [-0.39, 0.29) is 24.1 Å². The van der Waals surface area contributed by atoms with Crippen molar-refractivity contribution >= 4 is 53.0 Å². The maximum Gasteiger partial charge on any atom is 0.292 e. The van der Waals surface area contributed by atoms with Gasteiger partial charge in [0.1, 0.15) is 12.0 Å². The smallest absolute Gasteiger partial charge is 0.292 e. The largest absolute Gasteiger partial charge is 0.507 e. The number of phenolic OH excluding ortho intramolecular Hbond substituents is 1. The molecule has 0 radical (unpaired) electrons. The molecular weight excluding hydrogens is 352 g/mol. The number of halogens is 1. The molecule has 0 bridgehead atoms. The minimum atomic E-state index is -0.372. The first-order valence-corrected chi connectivity index (χ1v) is 7.70. The average Bonchev–Trinajstić information content (AvgIpc) is 3.05. The van der Waals surface area contributed by atoms with Gasteiger partial charge in [-0.15, -0.1) is 12.4 Å². The lowest BCUT2D eigenvalue weighted by atomic mass is 10.1. The Morgan fingerprint density at radius 2 is 1.96 bits per heavy atom. The van der Waals surface area contributed by atoms with Crippen molar-refractivity contribution < 1.29 is 14.5 Å². The predicted octanol–water partition coefficient (Wildman–Crippen LogP) is 3.01. The zero-order chi connectivity index (χ0) is 17.4. The average molecular weight is 368 g/mol. The zero-order valence-corrected chi connectivity index (χ0v) is 14.4. The van der Waals surface area contributed by atoms with E-state index in [2.05, 4.69) is 10.4 Å². The van der Waals surface area contributed by atoms with Gasteiger partial charge in [0.15, 0.2) is 5.69 Å². The molecule has 3 aromatic carbocycles. The van der Waals surface area contributed by atoms with Crippen molar-refractivity contribution in [2.75, 3.05) is 0 Å². The van der Waals surface area contributed by atoms with Gasteiger partial charge in [-0.3, -0.25) is 10.2 Å². The van der Waals surface area contributed by atoms with Gasteiger partial charge in [0.2, 0.25) is 5.69 Å². The van der Waals surface area contributed by atoms with Gasteiger partial charge >= 0.3 is 0 Å². The van der Waals surface area contributed by atoms with Crippen molar-refractivity contribution in [1.82, 2.24) is 5.43 Å². The maximum absolute atomic E-state index is 11.7. The molecule has 1 amide bonds. The number of rotatable bonds is 2. The molecule has 130 valence electrons. The molecule has 0 spiro atoms. The van der Waals surface area contributed by atoms with Crippen molar-refractivity contribution in [1.29, 1.82) is 0 Å². The Labute approximate surface area is 155 Å². The number of benzene rings is 3. The molecule has 3 aromatic rings. The van der Waals surface area contributed by atoms with E-state index in [9.17, 15) is 9.90 Å². The minimum absolute atomic E-state index is 0. The Hall–Kier alpha value is -3.22. The summed E-state index contributed by atoms with van der Waals surface area (Å²) in [6, 6.07) is 16.6. The Kier molecular flexibility index (Phi) is 4.71. The van der Waals surface area contributed by atoms with Gasteiger partial charge in [0.25, 0.3) is 12.2 Å². The van der Waals surface area contributed by atoms with Crippen LogP contribution in [0.2, 0.25) is 0 Å². The lowest BCUT2D eigenvalue weighted by molar-refractivity contribution is -0.282. The fraction of sp³-hybridized carbons (Fsp3) is 0. The van der Waals surface area contributed by atoms with E-state index in [0.717, 1.165) is 22.1 Å². The summed E-state index contributed by atoms with van der Waals surface area (Å²) in [5, 5.41) is 12.3. The fourth-order valence-corrected chi connectivity index (χ4v) is 2.88. The number of phenols is 1. The van der Waals surface area contributed by atoms with Crippen LogP contribution in [0, 0.1) is 0 Å². The number of hydrogen-bond acceptors (Lipinski definition) is 4. The third-order valence-corrected chi connectivity index (χ3v) is 4.18. The molecule has 6 nitrogen and oxygen atoms in total. The number of carbonyl (C=O) groups excluding carboxylic acids is 1. The van der Waals surface area contributed by atoms with Crippen LogP contribution in [0.4, 0.5) is 11.4 Å². The molecule has 0 aromatic heterocycles. The van der Waals surface area contributed by atoms with Crippen LogP contribution in [0.15, 0.2) is 59.6 Å². The summed E-state index contributed by atoms with van der Waals surface area (Å²) in [5.41, 5.74) is 4.70. The number of fused-ring (bicyclic) bond motifs is 2. The standard InChI is InChI=1S/C19H14N4O2.ClH/c20-22-19(25)13-7-8-16-17(9-13)23(11-21-16)10-14-6-5-12-3-1-2-4-15(12)18(14)24;/h1-11H,20H2,(H,22,25);1H/p+1. The number of aromatic hydroxyl groups is 1. The summed E-state index contributed by atoms with van der Waals surface area (Å²) >= 11 is 0. The van der Waals surface area contributed by atoms with Crippen molar-refractivity contribution in [2.24, 2.45) is 10.8 Å². The van der Waals surface area contributed by atoms with Gasteiger partial charge in [0, 0.05) is 17.0 Å². The quantitative estimate of drug-likeness (QED) is 0.281. The van der Waals surface area contributed by atoms with E-state index < -0.39 is 0 Å². The molecule has 1 aliphatic rings. The zero-order valence-electron chi connectivity index (χ0n) is 13.6. The first-order chi connectivity index (χ1) is 12.2. The highest BCUT2D eigenvalue weighted by atomic mass is 35.5. The lowest BCUT2D eigenvalue weighted by Crippen LogP contribution is -2.29. The number of nitrogens with zero attached hydrogens (tertiary/aromatic N) is 2. The highest BCUT2D eigenvalue weighted by Crippen LogP contribution is 2.33. The number of aliphatic imine (C=N–C) groups is 1. The fourth-order valence-electron chi connectivity index (χ4n) is 2.88. The molecule has 4 rings (SSSR count). The number of hydrazine groups is 1.